The molecular weight excluding hydrogens is 258 g/mol. The first-order valence-corrected chi connectivity index (χ1v) is 8.11. The van der Waals surface area contributed by atoms with Crippen molar-refractivity contribution in [2.45, 2.75) is 65.5 Å². The van der Waals surface area contributed by atoms with Gasteiger partial charge in [0.1, 0.15) is 0 Å². The minimum Gasteiger partial charge on any atom is -0.384 e. The molecule has 2 rings (SSSR count). The van der Waals surface area contributed by atoms with Gasteiger partial charge in [-0.15, -0.1) is 0 Å². The van der Waals surface area contributed by atoms with Crippen LogP contribution in [-0.4, -0.2) is 17.7 Å². The second-order valence-corrected chi connectivity index (χ2v) is 8.63. The Hall–Kier alpha value is -0.860. The normalized spacial score (nSPS) is 24.5. The second-order valence-electron chi connectivity index (χ2n) is 8.63. The molecule has 118 valence electrons. The number of aliphatic hydroxyl groups is 1. The molecule has 2 heteroatoms. The molecule has 1 aromatic carbocycles. The second kappa shape index (κ2) is 5.73. The fourth-order valence-electron chi connectivity index (χ4n) is 4.23. The van der Waals surface area contributed by atoms with Gasteiger partial charge in [0.15, 0.2) is 0 Å². The van der Waals surface area contributed by atoms with Crippen molar-refractivity contribution in [1.29, 1.82) is 0 Å². The van der Waals surface area contributed by atoms with Crippen LogP contribution in [-0.2, 0) is 5.60 Å². The van der Waals surface area contributed by atoms with Crippen molar-refractivity contribution >= 4 is 0 Å². The molecule has 1 aromatic rings. The van der Waals surface area contributed by atoms with Gasteiger partial charge < -0.3 is 10.4 Å². The Morgan fingerprint density at radius 2 is 1.62 bits per heavy atom. The molecule has 0 amide bonds. The van der Waals surface area contributed by atoms with E-state index in [1.807, 2.05) is 37.3 Å². The van der Waals surface area contributed by atoms with E-state index in [-0.39, 0.29) is 0 Å². The maximum atomic E-state index is 10.7. The van der Waals surface area contributed by atoms with Crippen molar-refractivity contribution in [3.05, 3.63) is 35.9 Å². The van der Waals surface area contributed by atoms with Gasteiger partial charge in [0, 0.05) is 12.6 Å². The van der Waals surface area contributed by atoms with Crippen molar-refractivity contribution in [1.82, 2.24) is 5.32 Å². The van der Waals surface area contributed by atoms with Gasteiger partial charge in [-0.2, -0.15) is 0 Å². The highest BCUT2D eigenvalue weighted by Gasteiger charge is 2.38. The monoisotopic (exact) mass is 289 g/mol. The third-order valence-corrected chi connectivity index (χ3v) is 4.69. The van der Waals surface area contributed by atoms with Crippen LogP contribution in [0.5, 0.6) is 0 Å². The minimum absolute atomic E-state index is 0.373. The third kappa shape index (κ3) is 4.55. The smallest absolute Gasteiger partial charge is 0.0992 e. The van der Waals surface area contributed by atoms with Crippen molar-refractivity contribution < 1.29 is 5.11 Å². The highest BCUT2D eigenvalue weighted by atomic mass is 16.3. The Balaban J connectivity index is 1.99. The van der Waals surface area contributed by atoms with Gasteiger partial charge in [-0.3, -0.25) is 0 Å². The summed E-state index contributed by atoms with van der Waals surface area (Å²) >= 11 is 0. The Labute approximate surface area is 130 Å². The van der Waals surface area contributed by atoms with Gasteiger partial charge >= 0.3 is 0 Å². The molecule has 0 radical (unpaired) electrons. The quantitative estimate of drug-likeness (QED) is 0.875. The van der Waals surface area contributed by atoms with E-state index in [2.05, 4.69) is 33.0 Å². The van der Waals surface area contributed by atoms with Crippen LogP contribution >= 0.6 is 0 Å². The summed E-state index contributed by atoms with van der Waals surface area (Å²) in [5, 5.41) is 14.3. The molecule has 1 aliphatic rings. The SMILES string of the molecule is CC1(C)CC(NCC(C)(O)c2ccccc2)CC(C)(C)C1. The number of rotatable bonds is 4. The van der Waals surface area contributed by atoms with Crippen LogP contribution in [0.15, 0.2) is 30.3 Å². The molecule has 1 atom stereocenters. The lowest BCUT2D eigenvalue weighted by Gasteiger charge is -2.46. The molecule has 2 nitrogen and oxygen atoms in total. The Morgan fingerprint density at radius 1 is 1.10 bits per heavy atom. The van der Waals surface area contributed by atoms with Crippen LogP contribution in [0.4, 0.5) is 0 Å². The lowest BCUT2D eigenvalue weighted by atomic mass is 9.63. The number of hydrogen-bond donors (Lipinski definition) is 2. The standard InChI is InChI=1S/C19H31NO/c1-17(2)11-16(12-18(3,4)13-17)20-14-19(5,21)15-9-7-6-8-10-15/h6-10,16,20-21H,11-14H2,1-5H3. The highest BCUT2D eigenvalue weighted by molar-refractivity contribution is 5.21. The zero-order valence-electron chi connectivity index (χ0n) is 14.2. The Bertz CT molecular complexity index is 446. The summed E-state index contributed by atoms with van der Waals surface area (Å²) in [4.78, 5) is 0. The molecule has 2 N–H and O–H groups in total. The van der Waals surface area contributed by atoms with Gasteiger partial charge in [-0.05, 0) is 42.6 Å². The molecule has 0 aliphatic heterocycles. The predicted molar refractivity (Wildman–Crippen MR) is 89.2 cm³/mol. The molecule has 0 heterocycles. The predicted octanol–water partition coefficient (Wildman–Crippen LogP) is 4.09. The largest absolute Gasteiger partial charge is 0.384 e. The molecule has 0 saturated heterocycles. The van der Waals surface area contributed by atoms with E-state index in [9.17, 15) is 5.11 Å². The number of benzene rings is 1. The van der Waals surface area contributed by atoms with E-state index in [1.54, 1.807) is 0 Å². The van der Waals surface area contributed by atoms with Crippen molar-refractivity contribution in [2.75, 3.05) is 6.54 Å². The average Bonchev–Trinajstić information content (AvgIpc) is 2.34. The first-order valence-electron chi connectivity index (χ1n) is 8.11. The molecule has 0 bridgehead atoms. The summed E-state index contributed by atoms with van der Waals surface area (Å²) in [5.74, 6) is 0. The van der Waals surface area contributed by atoms with Crippen LogP contribution in [0.2, 0.25) is 0 Å². The average molecular weight is 289 g/mol. The zero-order chi connectivity index (χ0) is 15.7. The maximum Gasteiger partial charge on any atom is 0.0992 e. The van der Waals surface area contributed by atoms with Gasteiger partial charge in [0.25, 0.3) is 0 Å². The first-order chi connectivity index (χ1) is 9.60. The summed E-state index contributed by atoms with van der Waals surface area (Å²) < 4.78 is 0. The van der Waals surface area contributed by atoms with Crippen LogP contribution in [0, 0.1) is 10.8 Å². The molecule has 0 aromatic heterocycles. The van der Waals surface area contributed by atoms with E-state index in [0.29, 0.717) is 23.4 Å². The molecule has 1 fully saturated rings. The van der Waals surface area contributed by atoms with Crippen LogP contribution in [0.3, 0.4) is 0 Å². The Kier molecular flexibility index (Phi) is 4.51. The summed E-state index contributed by atoms with van der Waals surface area (Å²) in [6.45, 7) is 11.9. The van der Waals surface area contributed by atoms with Crippen LogP contribution < -0.4 is 5.32 Å². The lowest BCUT2D eigenvalue weighted by molar-refractivity contribution is 0.0352. The van der Waals surface area contributed by atoms with Crippen molar-refractivity contribution in [2.24, 2.45) is 10.8 Å². The van der Waals surface area contributed by atoms with Crippen LogP contribution in [0.25, 0.3) is 0 Å². The van der Waals surface area contributed by atoms with Gasteiger partial charge in [0.2, 0.25) is 0 Å². The lowest BCUT2D eigenvalue weighted by Crippen LogP contribution is -2.47. The van der Waals surface area contributed by atoms with Crippen molar-refractivity contribution in [3.8, 4) is 0 Å². The van der Waals surface area contributed by atoms with Gasteiger partial charge in [-0.25, -0.2) is 0 Å². The fourth-order valence-corrected chi connectivity index (χ4v) is 4.23. The molecule has 21 heavy (non-hydrogen) atoms. The van der Waals surface area contributed by atoms with E-state index < -0.39 is 5.60 Å². The third-order valence-electron chi connectivity index (χ3n) is 4.69. The maximum absolute atomic E-state index is 10.7. The summed E-state index contributed by atoms with van der Waals surface area (Å²) in [6.07, 6.45) is 3.63. The summed E-state index contributed by atoms with van der Waals surface area (Å²) in [7, 11) is 0. The van der Waals surface area contributed by atoms with E-state index in [0.717, 1.165) is 5.56 Å². The van der Waals surface area contributed by atoms with Gasteiger partial charge in [0.05, 0.1) is 5.60 Å². The molecule has 1 unspecified atom stereocenters. The first kappa shape index (κ1) is 16.5. The highest BCUT2D eigenvalue weighted by Crippen LogP contribution is 2.45. The van der Waals surface area contributed by atoms with Crippen LogP contribution in [0.1, 0.15) is 59.4 Å². The van der Waals surface area contributed by atoms with Crippen molar-refractivity contribution in [3.63, 3.8) is 0 Å². The molecular formula is C19H31NO. The molecule has 0 spiro atoms. The fraction of sp³-hybridized carbons (Fsp3) is 0.684. The summed E-state index contributed by atoms with van der Waals surface area (Å²) in [5.41, 5.74) is 0.912. The van der Waals surface area contributed by atoms with E-state index in [4.69, 9.17) is 0 Å². The Morgan fingerprint density at radius 3 is 2.14 bits per heavy atom. The zero-order valence-corrected chi connectivity index (χ0v) is 14.2. The van der Waals surface area contributed by atoms with Gasteiger partial charge in [-0.1, -0.05) is 58.0 Å². The topological polar surface area (TPSA) is 32.3 Å². The molecule has 1 saturated carbocycles. The minimum atomic E-state index is -0.813. The molecule has 1 aliphatic carbocycles. The summed E-state index contributed by atoms with van der Waals surface area (Å²) in [6, 6.07) is 10.4. The number of nitrogens with one attached hydrogen (secondary N) is 1. The van der Waals surface area contributed by atoms with E-state index >= 15 is 0 Å². The number of hydrogen-bond acceptors (Lipinski definition) is 2. The van der Waals surface area contributed by atoms with E-state index in [1.165, 1.54) is 19.3 Å².